The molecule has 0 saturated carbocycles. The van der Waals surface area contributed by atoms with Gasteiger partial charge in [-0.2, -0.15) is 0 Å². The minimum Gasteiger partial charge on any atom is -0.465 e. The predicted octanol–water partition coefficient (Wildman–Crippen LogP) is 1.32. The van der Waals surface area contributed by atoms with E-state index in [2.05, 4.69) is 23.9 Å². The highest BCUT2D eigenvalue weighted by atomic mass is 16.5. The van der Waals surface area contributed by atoms with Gasteiger partial charge in [0.1, 0.15) is 5.54 Å². The van der Waals surface area contributed by atoms with Crippen molar-refractivity contribution in [1.82, 2.24) is 9.80 Å². The number of likely N-dealkylation sites (tertiary alicyclic amines) is 1. The van der Waals surface area contributed by atoms with E-state index in [1.165, 1.54) is 25.9 Å². The minimum atomic E-state index is -0.857. The number of hydrogen-bond acceptors (Lipinski definition) is 5. The summed E-state index contributed by atoms with van der Waals surface area (Å²) < 4.78 is 5.01. The van der Waals surface area contributed by atoms with Gasteiger partial charge in [0, 0.05) is 6.54 Å². The first-order valence-corrected chi connectivity index (χ1v) is 8.18. The topological polar surface area (TPSA) is 58.8 Å². The maximum atomic E-state index is 11.7. The second-order valence-corrected chi connectivity index (χ2v) is 6.75. The highest BCUT2D eigenvalue weighted by Gasteiger charge is 2.29. The van der Waals surface area contributed by atoms with E-state index >= 15 is 0 Å². The first kappa shape index (κ1) is 18.4. The molecule has 0 aromatic carbocycles. The van der Waals surface area contributed by atoms with E-state index < -0.39 is 5.54 Å². The second kappa shape index (κ2) is 8.71. The molecule has 2 N–H and O–H groups in total. The maximum Gasteiger partial charge on any atom is 0.325 e. The normalized spacial score (nSPS) is 20.5. The Morgan fingerprint density at radius 1 is 1.43 bits per heavy atom. The zero-order valence-electron chi connectivity index (χ0n) is 14.2. The molecule has 1 aliphatic heterocycles. The Balaban J connectivity index is 2.20. The third-order valence-electron chi connectivity index (χ3n) is 4.39. The summed E-state index contributed by atoms with van der Waals surface area (Å²) in [7, 11) is 4.36. The number of carbonyl (C=O) groups excluding carboxylic acids is 1. The monoisotopic (exact) mass is 299 g/mol. The Labute approximate surface area is 129 Å². The zero-order valence-corrected chi connectivity index (χ0v) is 14.2. The lowest BCUT2D eigenvalue weighted by molar-refractivity contribution is -0.149. The van der Waals surface area contributed by atoms with Gasteiger partial charge in [0.05, 0.1) is 6.61 Å². The quantitative estimate of drug-likeness (QED) is 0.685. The van der Waals surface area contributed by atoms with Crippen molar-refractivity contribution >= 4 is 5.97 Å². The Hall–Kier alpha value is -0.650. The molecule has 0 spiro atoms. The van der Waals surface area contributed by atoms with Crippen molar-refractivity contribution in [2.24, 2.45) is 11.7 Å². The summed E-state index contributed by atoms with van der Waals surface area (Å²) in [6.45, 7) is 8.52. The molecule has 0 bridgehead atoms. The van der Waals surface area contributed by atoms with Crippen LogP contribution in [-0.2, 0) is 9.53 Å². The molecule has 1 atom stereocenters. The van der Waals surface area contributed by atoms with Gasteiger partial charge < -0.3 is 20.3 Å². The van der Waals surface area contributed by atoms with Gasteiger partial charge in [0.15, 0.2) is 0 Å². The average Bonchev–Trinajstić information content (AvgIpc) is 2.41. The Morgan fingerprint density at radius 3 is 2.62 bits per heavy atom. The lowest BCUT2D eigenvalue weighted by Crippen LogP contribution is -2.46. The van der Waals surface area contributed by atoms with Crippen molar-refractivity contribution in [1.29, 1.82) is 0 Å². The van der Waals surface area contributed by atoms with Gasteiger partial charge in [-0.05, 0) is 79.2 Å². The van der Waals surface area contributed by atoms with Crippen LogP contribution >= 0.6 is 0 Å². The summed E-state index contributed by atoms with van der Waals surface area (Å²) in [5.74, 6) is 0.517. The Kier molecular flexibility index (Phi) is 7.63. The maximum absolute atomic E-state index is 11.7. The van der Waals surface area contributed by atoms with Crippen LogP contribution in [0.15, 0.2) is 0 Å². The van der Waals surface area contributed by atoms with E-state index in [4.69, 9.17) is 10.5 Å². The molecule has 0 aromatic rings. The fraction of sp³-hybridized carbons (Fsp3) is 0.938. The second-order valence-electron chi connectivity index (χ2n) is 6.75. The number of carbonyl (C=O) groups is 1. The molecule has 1 unspecified atom stereocenters. The summed E-state index contributed by atoms with van der Waals surface area (Å²) in [5.41, 5.74) is 5.18. The van der Waals surface area contributed by atoms with Crippen molar-refractivity contribution in [3.63, 3.8) is 0 Å². The smallest absolute Gasteiger partial charge is 0.325 e. The minimum absolute atomic E-state index is 0.289. The van der Waals surface area contributed by atoms with Crippen LogP contribution in [0.25, 0.3) is 0 Å². The molecule has 0 radical (unpaired) electrons. The number of piperidine rings is 1. The van der Waals surface area contributed by atoms with Crippen LogP contribution in [0, 0.1) is 5.92 Å². The van der Waals surface area contributed by atoms with E-state index in [9.17, 15) is 4.79 Å². The van der Waals surface area contributed by atoms with Gasteiger partial charge in [0.2, 0.25) is 0 Å². The zero-order chi connectivity index (χ0) is 15.9. The van der Waals surface area contributed by atoms with Crippen molar-refractivity contribution in [3.8, 4) is 0 Å². The highest BCUT2D eigenvalue weighted by Crippen LogP contribution is 2.17. The molecule has 1 aliphatic rings. The summed E-state index contributed by atoms with van der Waals surface area (Å²) in [6, 6.07) is 0. The van der Waals surface area contributed by atoms with Crippen LogP contribution < -0.4 is 5.73 Å². The van der Waals surface area contributed by atoms with E-state index in [1.54, 1.807) is 6.92 Å². The lowest BCUT2D eigenvalue weighted by Gasteiger charge is -2.32. The van der Waals surface area contributed by atoms with Gasteiger partial charge >= 0.3 is 5.97 Å². The third kappa shape index (κ3) is 6.76. The van der Waals surface area contributed by atoms with Crippen LogP contribution in [0.1, 0.15) is 39.5 Å². The molecule has 1 heterocycles. The molecule has 0 aromatic heterocycles. The van der Waals surface area contributed by atoms with Crippen LogP contribution in [0.4, 0.5) is 0 Å². The van der Waals surface area contributed by atoms with Gasteiger partial charge in [-0.25, -0.2) is 0 Å². The van der Waals surface area contributed by atoms with Crippen molar-refractivity contribution in [3.05, 3.63) is 0 Å². The molecule has 1 fully saturated rings. The van der Waals surface area contributed by atoms with E-state index in [0.717, 1.165) is 25.4 Å². The van der Waals surface area contributed by atoms with E-state index in [1.807, 2.05) is 6.92 Å². The first-order chi connectivity index (χ1) is 9.85. The number of nitrogens with zero attached hydrogens (tertiary/aromatic N) is 2. The molecular weight excluding hydrogens is 266 g/mol. The SMILES string of the molecule is CCOC(=O)C(C)(N)CCCN(C)CC1CCN(C)CC1. The van der Waals surface area contributed by atoms with E-state index in [-0.39, 0.29) is 5.97 Å². The Morgan fingerprint density at radius 2 is 2.05 bits per heavy atom. The first-order valence-electron chi connectivity index (χ1n) is 8.18. The number of hydrogen-bond donors (Lipinski definition) is 1. The number of esters is 1. The number of nitrogens with two attached hydrogens (primary N) is 1. The largest absolute Gasteiger partial charge is 0.465 e. The van der Waals surface area contributed by atoms with Crippen molar-refractivity contribution in [2.45, 2.75) is 45.1 Å². The summed E-state index contributed by atoms with van der Waals surface area (Å²) >= 11 is 0. The molecule has 5 nitrogen and oxygen atoms in total. The molecule has 0 amide bonds. The van der Waals surface area contributed by atoms with Crippen LogP contribution in [-0.4, -0.2) is 68.2 Å². The van der Waals surface area contributed by atoms with Crippen LogP contribution in [0.3, 0.4) is 0 Å². The summed E-state index contributed by atoms with van der Waals surface area (Å²) in [4.78, 5) is 16.5. The predicted molar refractivity (Wildman–Crippen MR) is 86.2 cm³/mol. The average molecular weight is 299 g/mol. The fourth-order valence-electron chi connectivity index (χ4n) is 2.89. The fourth-order valence-corrected chi connectivity index (χ4v) is 2.89. The number of rotatable bonds is 8. The van der Waals surface area contributed by atoms with Gasteiger partial charge in [-0.1, -0.05) is 0 Å². The van der Waals surface area contributed by atoms with E-state index in [0.29, 0.717) is 13.0 Å². The molecule has 1 rings (SSSR count). The van der Waals surface area contributed by atoms with Crippen LogP contribution in [0.2, 0.25) is 0 Å². The van der Waals surface area contributed by atoms with Crippen LogP contribution in [0.5, 0.6) is 0 Å². The van der Waals surface area contributed by atoms with Crippen molar-refractivity contribution in [2.75, 3.05) is 46.9 Å². The molecule has 124 valence electrons. The van der Waals surface area contributed by atoms with Gasteiger partial charge in [-0.3, -0.25) is 4.79 Å². The lowest BCUT2D eigenvalue weighted by atomic mass is 9.95. The molecule has 1 saturated heterocycles. The summed E-state index contributed by atoms with van der Waals surface area (Å²) in [5, 5.41) is 0. The van der Waals surface area contributed by atoms with Gasteiger partial charge in [-0.15, -0.1) is 0 Å². The third-order valence-corrected chi connectivity index (χ3v) is 4.39. The standard InChI is InChI=1S/C16H33N3O2/c1-5-21-15(20)16(2,17)9-6-10-19(4)13-14-7-11-18(3)12-8-14/h14H,5-13,17H2,1-4H3. The Bertz CT molecular complexity index is 313. The number of ether oxygens (including phenoxy) is 1. The highest BCUT2D eigenvalue weighted by molar-refractivity contribution is 5.79. The molecule has 5 heteroatoms. The van der Waals surface area contributed by atoms with Gasteiger partial charge in [0.25, 0.3) is 0 Å². The van der Waals surface area contributed by atoms with Crippen molar-refractivity contribution < 1.29 is 9.53 Å². The summed E-state index contributed by atoms with van der Waals surface area (Å²) in [6.07, 6.45) is 4.18. The molecular formula is C16H33N3O2. The molecule has 21 heavy (non-hydrogen) atoms. The molecule has 0 aliphatic carbocycles.